The van der Waals surface area contributed by atoms with Crippen LogP contribution < -0.4 is 14.8 Å². The van der Waals surface area contributed by atoms with Crippen LogP contribution in [0.3, 0.4) is 0 Å². The molecule has 1 fully saturated rings. The Kier molecular flexibility index (Phi) is 6.15. The van der Waals surface area contributed by atoms with Gasteiger partial charge < -0.3 is 19.5 Å². The smallest absolute Gasteiger partial charge is 0.244 e. The number of methoxy groups -OCH3 is 2. The van der Waals surface area contributed by atoms with Crippen LogP contribution in [0, 0.1) is 0 Å². The second kappa shape index (κ2) is 8.55. The van der Waals surface area contributed by atoms with E-state index in [0.717, 1.165) is 5.56 Å². The van der Waals surface area contributed by atoms with E-state index >= 15 is 0 Å². The lowest BCUT2D eigenvalue weighted by Crippen LogP contribution is -2.40. The van der Waals surface area contributed by atoms with Crippen molar-refractivity contribution in [2.45, 2.75) is 11.4 Å². The third-order valence-electron chi connectivity index (χ3n) is 4.27. The summed E-state index contributed by atoms with van der Waals surface area (Å²) in [5.74, 6) is 1.90. The van der Waals surface area contributed by atoms with Gasteiger partial charge in [-0.15, -0.1) is 0 Å². The Morgan fingerprint density at radius 2 is 1.85 bits per heavy atom. The number of sulfonamides is 1. The Labute approximate surface area is 159 Å². The Morgan fingerprint density at radius 1 is 1.11 bits per heavy atom. The van der Waals surface area contributed by atoms with Crippen molar-refractivity contribution in [2.75, 3.05) is 45.8 Å². The third kappa shape index (κ3) is 4.49. The molecule has 3 rings (SSSR count). The van der Waals surface area contributed by atoms with Crippen LogP contribution in [0.2, 0.25) is 0 Å². The summed E-state index contributed by atoms with van der Waals surface area (Å²) in [5.41, 5.74) is 0.986. The fourth-order valence-corrected chi connectivity index (χ4v) is 4.11. The summed E-state index contributed by atoms with van der Waals surface area (Å²) in [5, 5.41) is 3.17. The average molecular weight is 393 g/mol. The first-order valence-electron chi connectivity index (χ1n) is 8.53. The second-order valence-electron chi connectivity index (χ2n) is 5.94. The van der Waals surface area contributed by atoms with Crippen LogP contribution >= 0.6 is 0 Å². The van der Waals surface area contributed by atoms with E-state index in [-0.39, 0.29) is 4.90 Å². The van der Waals surface area contributed by atoms with Crippen molar-refractivity contribution >= 4 is 15.8 Å². The maximum Gasteiger partial charge on any atom is 0.244 e. The summed E-state index contributed by atoms with van der Waals surface area (Å²) in [6, 6.07) is 8.86. The maximum atomic E-state index is 12.6. The lowest BCUT2D eigenvalue weighted by Gasteiger charge is -2.25. The first-order chi connectivity index (χ1) is 13.0. The van der Waals surface area contributed by atoms with Crippen molar-refractivity contribution in [3.8, 4) is 11.5 Å². The zero-order valence-electron chi connectivity index (χ0n) is 15.3. The highest BCUT2D eigenvalue weighted by Gasteiger charge is 2.26. The quantitative estimate of drug-likeness (QED) is 0.766. The fourth-order valence-electron chi connectivity index (χ4n) is 2.76. The van der Waals surface area contributed by atoms with Gasteiger partial charge >= 0.3 is 0 Å². The molecule has 27 heavy (non-hydrogen) atoms. The van der Waals surface area contributed by atoms with Gasteiger partial charge in [0.25, 0.3) is 0 Å². The van der Waals surface area contributed by atoms with Crippen molar-refractivity contribution in [3.63, 3.8) is 0 Å². The molecule has 1 aliphatic rings. The van der Waals surface area contributed by atoms with E-state index in [2.05, 4.69) is 10.3 Å². The van der Waals surface area contributed by atoms with E-state index in [1.807, 2.05) is 18.2 Å². The minimum Gasteiger partial charge on any atom is -0.493 e. The van der Waals surface area contributed by atoms with Gasteiger partial charge in [0.15, 0.2) is 11.5 Å². The fraction of sp³-hybridized carbons (Fsp3) is 0.389. The number of pyridine rings is 1. The van der Waals surface area contributed by atoms with Gasteiger partial charge in [0, 0.05) is 25.8 Å². The Balaban J connectivity index is 1.66. The molecule has 1 N–H and O–H groups in total. The van der Waals surface area contributed by atoms with Crippen molar-refractivity contribution in [1.82, 2.24) is 9.29 Å². The van der Waals surface area contributed by atoms with Crippen LogP contribution in [0.25, 0.3) is 0 Å². The predicted octanol–water partition coefficient (Wildman–Crippen LogP) is 1.73. The molecule has 146 valence electrons. The minimum atomic E-state index is -3.53. The van der Waals surface area contributed by atoms with Crippen LogP contribution in [0.1, 0.15) is 5.56 Å². The predicted molar refractivity (Wildman–Crippen MR) is 101 cm³/mol. The largest absolute Gasteiger partial charge is 0.493 e. The molecular formula is C18H23N3O5S. The Hall–Kier alpha value is -2.36. The number of nitrogens with one attached hydrogen (secondary N) is 1. The molecular weight excluding hydrogens is 370 g/mol. The number of hydrogen-bond acceptors (Lipinski definition) is 7. The first-order valence-corrected chi connectivity index (χ1v) is 9.97. The number of rotatable bonds is 7. The molecule has 0 amide bonds. The number of morpholine rings is 1. The minimum absolute atomic E-state index is 0.182. The highest BCUT2D eigenvalue weighted by molar-refractivity contribution is 7.89. The summed E-state index contributed by atoms with van der Waals surface area (Å²) in [4.78, 5) is 4.41. The molecule has 0 radical (unpaired) electrons. The van der Waals surface area contributed by atoms with Crippen LogP contribution in [0.5, 0.6) is 11.5 Å². The highest BCUT2D eigenvalue weighted by atomic mass is 32.2. The molecule has 1 aliphatic heterocycles. The molecule has 0 aliphatic carbocycles. The molecule has 1 aromatic carbocycles. The SMILES string of the molecule is COc1ccc(CNc2ccc(S(=O)(=O)N3CCOCC3)cn2)cc1OC. The van der Waals surface area contributed by atoms with Crippen molar-refractivity contribution in [3.05, 3.63) is 42.1 Å². The third-order valence-corrected chi connectivity index (χ3v) is 6.15. The molecule has 8 nitrogen and oxygen atoms in total. The molecule has 1 aromatic heterocycles. The number of nitrogens with zero attached hydrogens (tertiary/aromatic N) is 2. The van der Waals surface area contributed by atoms with Gasteiger partial charge in [-0.2, -0.15) is 4.31 Å². The molecule has 2 aromatic rings. The average Bonchev–Trinajstić information content (AvgIpc) is 2.73. The standard InChI is InChI=1S/C18H23N3O5S/c1-24-16-5-3-14(11-17(16)25-2)12-19-18-6-4-15(13-20-18)27(22,23)21-7-9-26-10-8-21/h3-6,11,13H,7-10,12H2,1-2H3,(H,19,20). The number of ether oxygens (including phenoxy) is 3. The van der Waals surface area contributed by atoms with Crippen molar-refractivity contribution < 1.29 is 22.6 Å². The van der Waals surface area contributed by atoms with Gasteiger partial charge in [-0.05, 0) is 29.8 Å². The summed E-state index contributed by atoms with van der Waals surface area (Å²) < 4.78 is 42.3. The van der Waals surface area contributed by atoms with Crippen molar-refractivity contribution in [2.24, 2.45) is 0 Å². The molecule has 0 spiro atoms. The van der Waals surface area contributed by atoms with Crippen LogP contribution in [0.4, 0.5) is 5.82 Å². The summed E-state index contributed by atoms with van der Waals surface area (Å²) in [7, 11) is -0.353. The lowest BCUT2D eigenvalue weighted by atomic mass is 10.2. The zero-order chi connectivity index (χ0) is 19.3. The van der Waals surface area contributed by atoms with Crippen LogP contribution in [0.15, 0.2) is 41.4 Å². The first kappa shape index (κ1) is 19.4. The van der Waals surface area contributed by atoms with Crippen LogP contribution in [-0.4, -0.2) is 58.2 Å². The van der Waals surface area contributed by atoms with E-state index in [1.54, 1.807) is 26.4 Å². The monoisotopic (exact) mass is 393 g/mol. The van der Waals surface area contributed by atoms with Gasteiger partial charge in [-0.1, -0.05) is 6.07 Å². The van der Waals surface area contributed by atoms with Gasteiger partial charge in [0.1, 0.15) is 10.7 Å². The van der Waals surface area contributed by atoms with Gasteiger partial charge in [0.2, 0.25) is 10.0 Å². The van der Waals surface area contributed by atoms with Gasteiger partial charge in [-0.3, -0.25) is 0 Å². The molecule has 0 unspecified atom stereocenters. The lowest BCUT2D eigenvalue weighted by molar-refractivity contribution is 0.0730. The van der Waals surface area contributed by atoms with E-state index in [0.29, 0.717) is 50.2 Å². The molecule has 0 bridgehead atoms. The maximum absolute atomic E-state index is 12.6. The van der Waals surface area contributed by atoms with E-state index < -0.39 is 10.0 Å². The summed E-state index contributed by atoms with van der Waals surface area (Å²) in [6.07, 6.45) is 1.38. The number of aromatic nitrogens is 1. The normalized spacial score (nSPS) is 15.3. The van der Waals surface area contributed by atoms with Gasteiger partial charge in [0.05, 0.1) is 27.4 Å². The molecule has 0 saturated carbocycles. The number of anilines is 1. The zero-order valence-corrected chi connectivity index (χ0v) is 16.2. The summed E-state index contributed by atoms with van der Waals surface area (Å²) in [6.45, 7) is 2.07. The molecule has 9 heteroatoms. The topological polar surface area (TPSA) is 90.0 Å². The Morgan fingerprint density at radius 3 is 2.48 bits per heavy atom. The molecule has 2 heterocycles. The molecule has 1 saturated heterocycles. The van der Waals surface area contributed by atoms with Gasteiger partial charge in [-0.25, -0.2) is 13.4 Å². The number of hydrogen-bond donors (Lipinski definition) is 1. The highest BCUT2D eigenvalue weighted by Crippen LogP contribution is 2.27. The molecule has 0 atom stereocenters. The summed E-state index contributed by atoms with van der Waals surface area (Å²) >= 11 is 0. The van der Waals surface area contributed by atoms with E-state index in [1.165, 1.54) is 10.5 Å². The van der Waals surface area contributed by atoms with E-state index in [9.17, 15) is 8.42 Å². The second-order valence-corrected chi connectivity index (χ2v) is 7.88. The Bertz CT molecular complexity index is 865. The van der Waals surface area contributed by atoms with Crippen molar-refractivity contribution in [1.29, 1.82) is 0 Å². The van der Waals surface area contributed by atoms with E-state index in [4.69, 9.17) is 14.2 Å². The number of benzene rings is 1. The van der Waals surface area contributed by atoms with Crippen LogP contribution in [-0.2, 0) is 21.3 Å².